The van der Waals surface area contributed by atoms with E-state index in [0.29, 0.717) is 25.3 Å². The summed E-state index contributed by atoms with van der Waals surface area (Å²) >= 11 is 0. The average molecular weight is 393 g/mol. The van der Waals surface area contributed by atoms with Crippen molar-refractivity contribution >= 4 is 5.97 Å². The van der Waals surface area contributed by atoms with Gasteiger partial charge in [-0.2, -0.15) is 13.2 Å². The fourth-order valence-corrected chi connectivity index (χ4v) is 3.42. The first-order valence-corrected chi connectivity index (χ1v) is 9.13. The van der Waals surface area contributed by atoms with E-state index in [2.05, 4.69) is 11.8 Å². The number of hydrogen-bond donors (Lipinski definition) is 1. The van der Waals surface area contributed by atoms with Gasteiger partial charge < -0.3 is 9.84 Å². The molecule has 0 aromatic heterocycles. The van der Waals surface area contributed by atoms with Crippen molar-refractivity contribution in [1.29, 1.82) is 0 Å². The average Bonchev–Trinajstić information content (AvgIpc) is 2.63. The molecule has 1 saturated heterocycles. The molecule has 0 bridgehead atoms. The quantitative estimate of drug-likeness (QED) is 0.760. The van der Waals surface area contributed by atoms with Gasteiger partial charge in [-0.3, -0.25) is 9.69 Å². The van der Waals surface area contributed by atoms with E-state index in [9.17, 15) is 23.1 Å². The fourth-order valence-electron chi connectivity index (χ4n) is 3.42. The highest BCUT2D eigenvalue weighted by atomic mass is 19.4. The molecule has 1 fully saturated rings. The lowest BCUT2D eigenvalue weighted by atomic mass is 9.93. The molecular formula is C21H22F3NO3. The fraction of sp³-hybridized carbons (Fsp3) is 0.381. The maximum atomic E-state index is 12.9. The number of halogens is 3. The molecule has 1 N–H and O–H groups in total. The van der Waals surface area contributed by atoms with Crippen LogP contribution in [0, 0.1) is 5.92 Å². The van der Waals surface area contributed by atoms with Crippen LogP contribution in [0.5, 0.6) is 11.5 Å². The topological polar surface area (TPSA) is 49.8 Å². The first-order chi connectivity index (χ1) is 13.2. The van der Waals surface area contributed by atoms with Crippen LogP contribution in [0.2, 0.25) is 0 Å². The number of aliphatic carboxylic acids is 1. The minimum atomic E-state index is -4.42. The number of nitrogens with zero attached hydrogens (tertiary/aromatic N) is 1. The summed E-state index contributed by atoms with van der Waals surface area (Å²) in [5, 5.41) is 9.27. The summed E-state index contributed by atoms with van der Waals surface area (Å²) in [4.78, 5) is 13.4. The molecular weight excluding hydrogens is 371 g/mol. The van der Waals surface area contributed by atoms with Crippen molar-refractivity contribution in [3.63, 3.8) is 0 Å². The molecule has 2 unspecified atom stereocenters. The highest BCUT2D eigenvalue weighted by Crippen LogP contribution is 2.33. The molecule has 28 heavy (non-hydrogen) atoms. The summed E-state index contributed by atoms with van der Waals surface area (Å²) in [6, 6.07) is 12.2. The molecule has 0 amide bonds. The van der Waals surface area contributed by atoms with E-state index in [-0.39, 0.29) is 17.7 Å². The van der Waals surface area contributed by atoms with Gasteiger partial charge in [0, 0.05) is 19.1 Å². The lowest BCUT2D eigenvalue weighted by Crippen LogP contribution is -2.43. The molecule has 0 aliphatic carbocycles. The highest BCUT2D eigenvalue weighted by Gasteiger charge is 2.31. The zero-order valence-electron chi connectivity index (χ0n) is 15.4. The van der Waals surface area contributed by atoms with Gasteiger partial charge in [-0.1, -0.05) is 18.2 Å². The lowest BCUT2D eigenvalue weighted by molar-refractivity contribution is -0.144. The Kier molecular flexibility index (Phi) is 5.93. The van der Waals surface area contributed by atoms with Gasteiger partial charge in [0.05, 0.1) is 11.5 Å². The first kappa shape index (κ1) is 20.2. The Morgan fingerprint density at radius 1 is 1.14 bits per heavy atom. The Bertz CT molecular complexity index is 838. The smallest absolute Gasteiger partial charge is 0.416 e. The maximum absolute atomic E-state index is 12.9. The molecule has 2 aromatic carbocycles. The van der Waals surface area contributed by atoms with Crippen molar-refractivity contribution in [2.45, 2.75) is 38.5 Å². The van der Waals surface area contributed by atoms with Crippen LogP contribution in [-0.2, 0) is 17.5 Å². The van der Waals surface area contributed by atoms with Crippen LogP contribution in [0.1, 0.15) is 30.9 Å². The second-order valence-corrected chi connectivity index (χ2v) is 7.17. The summed E-state index contributed by atoms with van der Waals surface area (Å²) in [5.74, 6) is -0.597. The van der Waals surface area contributed by atoms with Crippen LogP contribution < -0.4 is 4.74 Å². The molecule has 0 radical (unpaired) electrons. The van der Waals surface area contributed by atoms with Crippen molar-refractivity contribution in [2.75, 3.05) is 6.54 Å². The van der Waals surface area contributed by atoms with Crippen molar-refractivity contribution in [2.24, 2.45) is 5.92 Å². The molecule has 2 atom stereocenters. The summed E-state index contributed by atoms with van der Waals surface area (Å²) in [6.45, 7) is 3.11. The van der Waals surface area contributed by atoms with Gasteiger partial charge >= 0.3 is 12.1 Å². The third-order valence-corrected chi connectivity index (χ3v) is 5.04. The normalized spacial score (nSPS) is 20.7. The number of likely N-dealkylation sites (tertiary alicyclic amines) is 1. The molecule has 150 valence electrons. The minimum absolute atomic E-state index is 0.115. The standard InChI is InChI=1S/C21H22F3NO3/c1-14-8-9-16(20(26)27)13-25(14)12-15-4-2-6-18(10-15)28-19-7-3-5-17(11-19)21(22,23)24/h2-7,10-11,14,16H,8-9,12-13H2,1H3,(H,26,27). The SMILES string of the molecule is CC1CCC(C(=O)O)CN1Cc1cccc(Oc2cccc(C(F)(F)F)c2)c1. The van der Waals surface area contributed by atoms with Gasteiger partial charge in [-0.25, -0.2) is 0 Å². The maximum Gasteiger partial charge on any atom is 0.416 e. The van der Waals surface area contributed by atoms with Crippen molar-refractivity contribution < 1.29 is 27.8 Å². The zero-order chi connectivity index (χ0) is 20.3. The first-order valence-electron chi connectivity index (χ1n) is 9.13. The molecule has 1 aliphatic heterocycles. The number of carboxylic acids is 1. The summed E-state index contributed by atoms with van der Waals surface area (Å²) in [7, 11) is 0. The van der Waals surface area contributed by atoms with E-state index in [1.165, 1.54) is 12.1 Å². The van der Waals surface area contributed by atoms with Gasteiger partial charge in [0.1, 0.15) is 11.5 Å². The largest absolute Gasteiger partial charge is 0.481 e. The van der Waals surface area contributed by atoms with Crippen LogP contribution in [0.25, 0.3) is 0 Å². The van der Waals surface area contributed by atoms with Gasteiger partial charge in [-0.05, 0) is 55.7 Å². The zero-order valence-corrected chi connectivity index (χ0v) is 15.4. The number of carboxylic acid groups (broad SMARTS) is 1. The predicted octanol–water partition coefficient (Wildman–Crippen LogP) is 5.18. The molecule has 0 saturated carbocycles. The number of alkyl halides is 3. The Balaban J connectivity index is 1.71. The molecule has 1 heterocycles. The van der Waals surface area contributed by atoms with Gasteiger partial charge in [0.2, 0.25) is 0 Å². The second kappa shape index (κ2) is 8.22. The van der Waals surface area contributed by atoms with E-state index in [1.807, 2.05) is 6.07 Å². The molecule has 3 rings (SSSR count). The lowest BCUT2D eigenvalue weighted by Gasteiger charge is -2.36. The number of hydrogen-bond acceptors (Lipinski definition) is 3. The Morgan fingerprint density at radius 2 is 1.82 bits per heavy atom. The van der Waals surface area contributed by atoms with Crippen LogP contribution in [-0.4, -0.2) is 28.6 Å². The monoisotopic (exact) mass is 393 g/mol. The van der Waals surface area contributed by atoms with Crippen LogP contribution in [0.3, 0.4) is 0 Å². The summed E-state index contributed by atoms with van der Waals surface area (Å²) in [5.41, 5.74) is 0.158. The molecule has 7 heteroatoms. The Labute approximate surface area is 161 Å². The van der Waals surface area contributed by atoms with Crippen molar-refractivity contribution in [1.82, 2.24) is 4.90 Å². The van der Waals surface area contributed by atoms with Gasteiger partial charge in [0.15, 0.2) is 0 Å². The summed E-state index contributed by atoms with van der Waals surface area (Å²) < 4.78 is 44.2. The molecule has 0 spiro atoms. The second-order valence-electron chi connectivity index (χ2n) is 7.17. The van der Waals surface area contributed by atoms with Gasteiger partial charge in [-0.15, -0.1) is 0 Å². The number of carbonyl (C=O) groups is 1. The van der Waals surface area contributed by atoms with E-state index >= 15 is 0 Å². The number of rotatable bonds is 5. The third kappa shape index (κ3) is 5.04. The molecule has 1 aliphatic rings. The number of ether oxygens (including phenoxy) is 1. The van der Waals surface area contributed by atoms with Gasteiger partial charge in [0.25, 0.3) is 0 Å². The molecule has 2 aromatic rings. The van der Waals surface area contributed by atoms with E-state index in [4.69, 9.17) is 4.74 Å². The number of piperidine rings is 1. The number of benzene rings is 2. The predicted molar refractivity (Wildman–Crippen MR) is 98.2 cm³/mol. The highest BCUT2D eigenvalue weighted by molar-refractivity contribution is 5.70. The van der Waals surface area contributed by atoms with E-state index < -0.39 is 17.7 Å². The van der Waals surface area contributed by atoms with Crippen molar-refractivity contribution in [3.8, 4) is 11.5 Å². The minimum Gasteiger partial charge on any atom is -0.481 e. The van der Waals surface area contributed by atoms with Crippen LogP contribution in [0.15, 0.2) is 48.5 Å². The van der Waals surface area contributed by atoms with Crippen LogP contribution in [0.4, 0.5) is 13.2 Å². The molecule has 4 nitrogen and oxygen atoms in total. The Morgan fingerprint density at radius 3 is 2.50 bits per heavy atom. The third-order valence-electron chi connectivity index (χ3n) is 5.04. The van der Waals surface area contributed by atoms with E-state index in [1.54, 1.807) is 18.2 Å². The van der Waals surface area contributed by atoms with Crippen molar-refractivity contribution in [3.05, 3.63) is 59.7 Å². The van der Waals surface area contributed by atoms with E-state index in [0.717, 1.165) is 24.1 Å². The van der Waals surface area contributed by atoms with Crippen LogP contribution >= 0.6 is 0 Å². The Hall–Kier alpha value is -2.54. The summed E-state index contributed by atoms with van der Waals surface area (Å²) in [6.07, 6.45) is -2.94.